The number of rotatable bonds is 5. The van der Waals surface area contributed by atoms with Gasteiger partial charge in [-0.05, 0) is 24.6 Å². The van der Waals surface area contributed by atoms with Gasteiger partial charge in [-0.25, -0.2) is 0 Å². The molecule has 3 heteroatoms. The molecule has 3 nitrogen and oxygen atoms in total. The molecule has 2 rings (SSSR count). The molecule has 1 N–H and O–H groups in total. The molecule has 20 heavy (non-hydrogen) atoms. The Kier molecular flexibility index (Phi) is 4.64. The van der Waals surface area contributed by atoms with Crippen molar-refractivity contribution in [2.75, 3.05) is 19.1 Å². The van der Waals surface area contributed by atoms with Crippen LogP contribution in [0, 0.1) is 0 Å². The SMILES string of the molecule is CC[C@@H](O)c1ccccc1N(C)c1ccccc1OC. The summed E-state index contributed by atoms with van der Waals surface area (Å²) in [5.41, 5.74) is 2.90. The molecule has 0 unspecified atom stereocenters. The van der Waals surface area contributed by atoms with Crippen molar-refractivity contribution in [1.82, 2.24) is 0 Å². The molecule has 0 amide bonds. The molecule has 0 aromatic heterocycles. The lowest BCUT2D eigenvalue weighted by molar-refractivity contribution is 0.174. The molecule has 0 aliphatic heterocycles. The highest BCUT2D eigenvalue weighted by molar-refractivity contribution is 5.71. The van der Waals surface area contributed by atoms with E-state index in [2.05, 4.69) is 0 Å². The third kappa shape index (κ3) is 2.78. The molecule has 0 bridgehead atoms. The van der Waals surface area contributed by atoms with Gasteiger partial charge in [0.25, 0.3) is 0 Å². The van der Waals surface area contributed by atoms with Crippen molar-refractivity contribution in [3.05, 3.63) is 54.1 Å². The molecule has 0 aliphatic rings. The van der Waals surface area contributed by atoms with E-state index in [0.717, 1.165) is 22.7 Å². The van der Waals surface area contributed by atoms with Crippen LogP contribution in [0.5, 0.6) is 5.75 Å². The molecule has 106 valence electrons. The molecule has 0 saturated carbocycles. The standard InChI is InChI=1S/C17H21NO2/c1-4-16(19)13-9-5-6-10-14(13)18(2)15-11-7-8-12-17(15)20-3/h5-12,16,19H,4H2,1-3H3/t16-/m1/s1. The van der Waals surface area contributed by atoms with Crippen LogP contribution in [0.3, 0.4) is 0 Å². The Morgan fingerprint density at radius 1 is 1.05 bits per heavy atom. The molecule has 2 aromatic rings. The fourth-order valence-corrected chi connectivity index (χ4v) is 2.33. The minimum Gasteiger partial charge on any atom is -0.495 e. The summed E-state index contributed by atoms with van der Waals surface area (Å²) in [7, 11) is 3.65. The van der Waals surface area contributed by atoms with Gasteiger partial charge in [-0.15, -0.1) is 0 Å². The Hall–Kier alpha value is -2.00. The summed E-state index contributed by atoms with van der Waals surface area (Å²) in [6.45, 7) is 1.98. The smallest absolute Gasteiger partial charge is 0.142 e. The first-order valence-electron chi connectivity index (χ1n) is 6.82. The molecule has 1 atom stereocenters. The number of anilines is 2. The highest BCUT2D eigenvalue weighted by Gasteiger charge is 2.16. The topological polar surface area (TPSA) is 32.7 Å². The Morgan fingerprint density at radius 3 is 2.30 bits per heavy atom. The van der Waals surface area contributed by atoms with Crippen molar-refractivity contribution in [2.45, 2.75) is 19.4 Å². The molecule has 0 fully saturated rings. The number of benzene rings is 2. The average Bonchev–Trinajstić information content (AvgIpc) is 2.53. The van der Waals surface area contributed by atoms with Gasteiger partial charge in [-0.1, -0.05) is 37.3 Å². The zero-order valence-corrected chi connectivity index (χ0v) is 12.2. The summed E-state index contributed by atoms with van der Waals surface area (Å²) < 4.78 is 5.41. The average molecular weight is 271 g/mol. The Bertz CT molecular complexity index is 568. The summed E-state index contributed by atoms with van der Waals surface area (Å²) in [4.78, 5) is 2.05. The van der Waals surface area contributed by atoms with E-state index in [-0.39, 0.29) is 0 Å². The summed E-state index contributed by atoms with van der Waals surface area (Å²) in [5.74, 6) is 0.816. The maximum atomic E-state index is 10.2. The maximum Gasteiger partial charge on any atom is 0.142 e. The fraction of sp³-hybridized carbons (Fsp3) is 0.294. The molecular formula is C17H21NO2. The van der Waals surface area contributed by atoms with E-state index in [1.54, 1.807) is 7.11 Å². The lowest BCUT2D eigenvalue weighted by atomic mass is 10.0. The Morgan fingerprint density at radius 2 is 1.65 bits per heavy atom. The van der Waals surface area contributed by atoms with Crippen molar-refractivity contribution in [3.8, 4) is 5.75 Å². The highest BCUT2D eigenvalue weighted by atomic mass is 16.5. The van der Waals surface area contributed by atoms with Crippen molar-refractivity contribution in [2.24, 2.45) is 0 Å². The van der Waals surface area contributed by atoms with Crippen molar-refractivity contribution < 1.29 is 9.84 Å². The van der Waals surface area contributed by atoms with E-state index in [1.807, 2.05) is 67.4 Å². The van der Waals surface area contributed by atoms with Crippen LogP contribution in [-0.4, -0.2) is 19.3 Å². The number of methoxy groups -OCH3 is 1. The predicted octanol–water partition coefficient (Wildman–Crippen LogP) is 3.91. The van der Waals surface area contributed by atoms with Crippen LogP contribution >= 0.6 is 0 Å². The first-order valence-corrected chi connectivity index (χ1v) is 6.82. The van der Waals surface area contributed by atoms with Gasteiger partial charge in [0.1, 0.15) is 5.75 Å². The second-order valence-corrected chi connectivity index (χ2v) is 4.71. The van der Waals surface area contributed by atoms with Gasteiger partial charge in [0.2, 0.25) is 0 Å². The fourth-order valence-electron chi connectivity index (χ4n) is 2.33. The van der Waals surface area contributed by atoms with Crippen molar-refractivity contribution in [1.29, 1.82) is 0 Å². The third-order valence-corrected chi connectivity index (χ3v) is 3.49. The zero-order valence-electron chi connectivity index (χ0n) is 12.2. The second kappa shape index (κ2) is 6.44. The van der Waals surface area contributed by atoms with Crippen molar-refractivity contribution in [3.63, 3.8) is 0 Å². The van der Waals surface area contributed by atoms with E-state index >= 15 is 0 Å². The van der Waals surface area contributed by atoms with Crippen LogP contribution < -0.4 is 9.64 Å². The summed E-state index contributed by atoms with van der Waals surface area (Å²) in [6.07, 6.45) is 0.236. The number of hydrogen-bond donors (Lipinski definition) is 1. The van der Waals surface area contributed by atoms with E-state index in [1.165, 1.54) is 0 Å². The van der Waals surface area contributed by atoms with E-state index in [0.29, 0.717) is 6.42 Å². The van der Waals surface area contributed by atoms with Crippen LogP contribution in [0.4, 0.5) is 11.4 Å². The number of aliphatic hydroxyl groups is 1. The van der Waals surface area contributed by atoms with Gasteiger partial charge < -0.3 is 14.7 Å². The Labute approximate surface area is 120 Å². The normalized spacial score (nSPS) is 12.0. The first kappa shape index (κ1) is 14.4. The first-order chi connectivity index (χ1) is 9.69. The number of para-hydroxylation sites is 3. The lowest BCUT2D eigenvalue weighted by Crippen LogP contribution is -2.14. The molecule has 0 saturated heterocycles. The molecule has 0 spiro atoms. The van der Waals surface area contributed by atoms with Crippen molar-refractivity contribution >= 4 is 11.4 Å². The predicted molar refractivity (Wildman–Crippen MR) is 82.7 cm³/mol. The molecule has 0 radical (unpaired) electrons. The molecule has 0 aliphatic carbocycles. The van der Waals surface area contributed by atoms with E-state index in [4.69, 9.17) is 4.74 Å². The van der Waals surface area contributed by atoms with Crippen LogP contribution in [0.1, 0.15) is 25.0 Å². The number of hydrogen-bond acceptors (Lipinski definition) is 3. The van der Waals surface area contributed by atoms with Crippen LogP contribution in [0.15, 0.2) is 48.5 Å². The van der Waals surface area contributed by atoms with Gasteiger partial charge in [0.05, 0.1) is 18.9 Å². The molecule has 2 aromatic carbocycles. The summed E-state index contributed by atoms with van der Waals surface area (Å²) in [5, 5.41) is 10.2. The minimum absolute atomic E-state index is 0.455. The van der Waals surface area contributed by atoms with Gasteiger partial charge >= 0.3 is 0 Å². The second-order valence-electron chi connectivity index (χ2n) is 4.71. The molecule has 0 heterocycles. The van der Waals surface area contributed by atoms with Crippen LogP contribution in [0.25, 0.3) is 0 Å². The minimum atomic E-state index is -0.455. The summed E-state index contributed by atoms with van der Waals surface area (Å²) >= 11 is 0. The molecular weight excluding hydrogens is 250 g/mol. The highest BCUT2D eigenvalue weighted by Crippen LogP contribution is 2.36. The number of ether oxygens (including phenoxy) is 1. The summed E-state index contributed by atoms with van der Waals surface area (Å²) in [6, 6.07) is 15.8. The van der Waals surface area contributed by atoms with Crippen LogP contribution in [0.2, 0.25) is 0 Å². The monoisotopic (exact) mass is 271 g/mol. The number of nitrogens with zero attached hydrogens (tertiary/aromatic N) is 1. The van der Waals surface area contributed by atoms with E-state index in [9.17, 15) is 5.11 Å². The Balaban J connectivity index is 2.45. The lowest BCUT2D eigenvalue weighted by Gasteiger charge is -2.25. The largest absolute Gasteiger partial charge is 0.495 e. The van der Waals surface area contributed by atoms with Gasteiger partial charge in [0, 0.05) is 18.3 Å². The number of aliphatic hydroxyl groups excluding tert-OH is 1. The third-order valence-electron chi connectivity index (χ3n) is 3.49. The van der Waals surface area contributed by atoms with Crippen LogP contribution in [-0.2, 0) is 0 Å². The van der Waals surface area contributed by atoms with Gasteiger partial charge in [-0.2, -0.15) is 0 Å². The quantitative estimate of drug-likeness (QED) is 0.895. The van der Waals surface area contributed by atoms with Gasteiger partial charge in [0.15, 0.2) is 0 Å². The zero-order chi connectivity index (χ0) is 14.5. The van der Waals surface area contributed by atoms with Gasteiger partial charge in [-0.3, -0.25) is 0 Å². The maximum absolute atomic E-state index is 10.2. The van der Waals surface area contributed by atoms with E-state index < -0.39 is 6.10 Å².